The monoisotopic (exact) mass is 456 g/mol. The molecule has 2 fully saturated rings. The Morgan fingerprint density at radius 2 is 1.50 bits per heavy atom. The zero-order valence-corrected chi connectivity index (χ0v) is 20.2. The number of piperazine rings is 1. The highest BCUT2D eigenvalue weighted by molar-refractivity contribution is 5.57. The summed E-state index contributed by atoms with van der Waals surface area (Å²) in [6, 6.07) is 28.6. The first-order chi connectivity index (χ1) is 16.8. The van der Waals surface area contributed by atoms with Gasteiger partial charge in [0, 0.05) is 44.0 Å². The summed E-state index contributed by atoms with van der Waals surface area (Å²) < 4.78 is 12.0. The van der Waals surface area contributed by atoms with Crippen molar-refractivity contribution in [1.29, 1.82) is 0 Å². The Bertz CT molecular complexity index is 1030. The fraction of sp³-hybridized carbons (Fsp3) is 0.400. The summed E-state index contributed by atoms with van der Waals surface area (Å²) in [4.78, 5) is 5.17. The molecule has 2 aliphatic rings. The third-order valence-corrected chi connectivity index (χ3v) is 7.26. The van der Waals surface area contributed by atoms with Gasteiger partial charge in [-0.15, -0.1) is 0 Å². The quantitative estimate of drug-likeness (QED) is 0.418. The van der Waals surface area contributed by atoms with E-state index in [-0.39, 0.29) is 0 Å². The molecule has 3 aromatic carbocycles. The highest BCUT2D eigenvalue weighted by Crippen LogP contribution is 2.36. The van der Waals surface area contributed by atoms with E-state index in [1.54, 1.807) is 7.11 Å². The topological polar surface area (TPSA) is 24.9 Å². The Hall–Kier alpha value is -2.98. The third kappa shape index (κ3) is 5.56. The van der Waals surface area contributed by atoms with Gasteiger partial charge in [-0.05, 0) is 55.4 Å². The molecule has 4 nitrogen and oxygen atoms in total. The Labute approximate surface area is 204 Å². The smallest absolute Gasteiger partial charge is 0.163 e. The van der Waals surface area contributed by atoms with Crippen molar-refractivity contribution in [3.05, 3.63) is 90.0 Å². The molecule has 1 aliphatic carbocycles. The van der Waals surface area contributed by atoms with Crippen LogP contribution in [-0.2, 0) is 13.0 Å². The van der Waals surface area contributed by atoms with Crippen LogP contribution >= 0.6 is 0 Å². The van der Waals surface area contributed by atoms with Gasteiger partial charge in [-0.25, -0.2) is 0 Å². The summed E-state index contributed by atoms with van der Waals surface area (Å²) in [5, 5.41) is 0. The molecule has 3 aromatic rings. The van der Waals surface area contributed by atoms with E-state index in [0.29, 0.717) is 12.1 Å². The highest BCUT2D eigenvalue weighted by Gasteiger charge is 2.28. The van der Waals surface area contributed by atoms with E-state index in [4.69, 9.17) is 9.47 Å². The normalized spacial score (nSPS) is 19.3. The van der Waals surface area contributed by atoms with Gasteiger partial charge in [-0.1, -0.05) is 60.7 Å². The average molecular weight is 457 g/mol. The number of rotatable bonds is 8. The predicted molar refractivity (Wildman–Crippen MR) is 139 cm³/mol. The third-order valence-electron chi connectivity index (χ3n) is 7.26. The lowest BCUT2D eigenvalue weighted by molar-refractivity contribution is 0.167. The van der Waals surface area contributed by atoms with Crippen molar-refractivity contribution >= 4 is 5.69 Å². The maximum Gasteiger partial charge on any atom is 0.163 e. The van der Waals surface area contributed by atoms with Crippen LogP contribution in [0.15, 0.2) is 78.9 Å². The first-order valence-corrected chi connectivity index (χ1v) is 12.7. The molecule has 1 saturated carbocycles. The van der Waals surface area contributed by atoms with E-state index >= 15 is 0 Å². The van der Waals surface area contributed by atoms with Crippen molar-refractivity contribution in [1.82, 2.24) is 4.90 Å². The number of hydrogen-bond donors (Lipinski definition) is 0. The van der Waals surface area contributed by atoms with Crippen molar-refractivity contribution in [2.24, 2.45) is 0 Å². The molecule has 0 N–H and O–H groups in total. The second-order valence-corrected chi connectivity index (χ2v) is 9.61. The molecule has 1 unspecified atom stereocenters. The van der Waals surface area contributed by atoms with Gasteiger partial charge in [-0.2, -0.15) is 0 Å². The fourth-order valence-electron chi connectivity index (χ4n) is 5.37. The van der Waals surface area contributed by atoms with E-state index < -0.39 is 0 Å². The number of ether oxygens (including phenoxy) is 2. The number of anilines is 1. The molecule has 0 amide bonds. The molecule has 178 valence electrons. The molecule has 0 aromatic heterocycles. The zero-order valence-electron chi connectivity index (χ0n) is 20.2. The summed E-state index contributed by atoms with van der Waals surface area (Å²) in [5.41, 5.74) is 4.00. The van der Waals surface area contributed by atoms with E-state index in [9.17, 15) is 0 Å². The van der Waals surface area contributed by atoms with E-state index in [0.717, 1.165) is 56.9 Å². The van der Waals surface area contributed by atoms with Crippen LogP contribution in [0, 0.1) is 0 Å². The number of methoxy groups -OCH3 is 1. The SMILES string of the molecule is COc1ccc(N2CCN(Cc3ccccc3)C(Cc3ccccc3)C2)cc1OC1CCCC1. The predicted octanol–water partition coefficient (Wildman–Crippen LogP) is 5.95. The highest BCUT2D eigenvalue weighted by atomic mass is 16.5. The maximum absolute atomic E-state index is 6.39. The summed E-state index contributed by atoms with van der Waals surface area (Å²) in [6.45, 7) is 4.03. The minimum Gasteiger partial charge on any atom is -0.493 e. The van der Waals surface area contributed by atoms with Gasteiger partial charge < -0.3 is 14.4 Å². The van der Waals surface area contributed by atoms with Crippen molar-refractivity contribution in [3.63, 3.8) is 0 Å². The van der Waals surface area contributed by atoms with Crippen molar-refractivity contribution in [2.75, 3.05) is 31.6 Å². The van der Waals surface area contributed by atoms with E-state index in [2.05, 4.69) is 88.7 Å². The Morgan fingerprint density at radius 3 is 2.21 bits per heavy atom. The zero-order chi connectivity index (χ0) is 23.2. The molecule has 0 bridgehead atoms. The lowest BCUT2D eigenvalue weighted by Gasteiger charge is -2.43. The van der Waals surface area contributed by atoms with Gasteiger partial charge in [-0.3, -0.25) is 4.90 Å². The lowest BCUT2D eigenvalue weighted by Crippen LogP contribution is -2.53. The Morgan fingerprint density at radius 1 is 0.794 bits per heavy atom. The number of nitrogens with zero attached hydrogens (tertiary/aromatic N) is 2. The molecular formula is C30H36N2O2. The molecule has 5 rings (SSSR count). The Kier molecular flexibility index (Phi) is 7.35. The van der Waals surface area contributed by atoms with Crippen LogP contribution in [0.3, 0.4) is 0 Å². The molecule has 0 spiro atoms. The average Bonchev–Trinajstić information content (AvgIpc) is 3.39. The van der Waals surface area contributed by atoms with Crippen molar-refractivity contribution < 1.29 is 9.47 Å². The van der Waals surface area contributed by atoms with Crippen LogP contribution in [0.2, 0.25) is 0 Å². The summed E-state index contributed by atoms with van der Waals surface area (Å²) in [5.74, 6) is 1.72. The van der Waals surface area contributed by atoms with Gasteiger partial charge in [0.2, 0.25) is 0 Å². The van der Waals surface area contributed by atoms with Crippen LogP contribution in [0.25, 0.3) is 0 Å². The standard InChI is InChI=1S/C30H36N2O2/c1-33-29-17-16-26(21-30(29)34-28-14-8-9-15-28)32-19-18-31(22-25-12-6-3-7-13-25)27(23-32)20-24-10-4-2-5-11-24/h2-7,10-13,16-17,21,27-28H,8-9,14-15,18-20,22-23H2,1H3. The van der Waals surface area contributed by atoms with Crippen LogP contribution in [-0.4, -0.2) is 43.8 Å². The summed E-state index contributed by atoms with van der Waals surface area (Å²) >= 11 is 0. The van der Waals surface area contributed by atoms with Gasteiger partial charge in [0.05, 0.1) is 13.2 Å². The van der Waals surface area contributed by atoms with Crippen LogP contribution in [0.4, 0.5) is 5.69 Å². The molecule has 1 atom stereocenters. The Balaban J connectivity index is 1.35. The van der Waals surface area contributed by atoms with Gasteiger partial charge in [0.1, 0.15) is 0 Å². The van der Waals surface area contributed by atoms with Gasteiger partial charge in [0.25, 0.3) is 0 Å². The first-order valence-electron chi connectivity index (χ1n) is 12.7. The molecule has 4 heteroatoms. The summed E-state index contributed by atoms with van der Waals surface area (Å²) in [6.07, 6.45) is 6.17. The van der Waals surface area contributed by atoms with Gasteiger partial charge >= 0.3 is 0 Å². The summed E-state index contributed by atoms with van der Waals surface area (Å²) in [7, 11) is 1.73. The van der Waals surface area contributed by atoms with E-state index in [1.807, 2.05) is 0 Å². The molecule has 1 aliphatic heterocycles. The molecule has 34 heavy (non-hydrogen) atoms. The minimum atomic E-state index is 0.317. The molecular weight excluding hydrogens is 420 g/mol. The lowest BCUT2D eigenvalue weighted by atomic mass is 10.0. The van der Waals surface area contributed by atoms with Crippen molar-refractivity contribution in [2.45, 2.75) is 50.8 Å². The minimum absolute atomic E-state index is 0.317. The largest absolute Gasteiger partial charge is 0.493 e. The maximum atomic E-state index is 6.39. The number of benzene rings is 3. The molecule has 0 radical (unpaired) electrons. The van der Waals surface area contributed by atoms with E-state index in [1.165, 1.54) is 29.7 Å². The van der Waals surface area contributed by atoms with Crippen LogP contribution in [0.5, 0.6) is 11.5 Å². The van der Waals surface area contributed by atoms with Crippen LogP contribution in [0.1, 0.15) is 36.8 Å². The second kappa shape index (κ2) is 11.0. The fourth-order valence-corrected chi connectivity index (χ4v) is 5.37. The molecule has 1 saturated heterocycles. The molecule has 1 heterocycles. The number of hydrogen-bond acceptors (Lipinski definition) is 4. The van der Waals surface area contributed by atoms with Crippen LogP contribution < -0.4 is 14.4 Å². The second-order valence-electron chi connectivity index (χ2n) is 9.61. The van der Waals surface area contributed by atoms with Crippen molar-refractivity contribution in [3.8, 4) is 11.5 Å². The first kappa shape index (κ1) is 22.8. The van der Waals surface area contributed by atoms with Gasteiger partial charge in [0.15, 0.2) is 11.5 Å².